The molecule has 2 aromatic carbocycles. The van der Waals surface area contributed by atoms with Gasteiger partial charge in [0.2, 0.25) is 0 Å². The zero-order chi connectivity index (χ0) is 16.9. The van der Waals surface area contributed by atoms with E-state index in [1.54, 1.807) is 0 Å². The van der Waals surface area contributed by atoms with Crippen LogP contribution in [0.3, 0.4) is 0 Å². The minimum atomic E-state index is -3.41. The molecular formula is C17H19F2NO3. The van der Waals surface area contributed by atoms with Gasteiger partial charge in [-0.25, -0.2) is 8.78 Å². The van der Waals surface area contributed by atoms with Crippen molar-refractivity contribution < 1.29 is 23.4 Å². The summed E-state index contributed by atoms with van der Waals surface area (Å²) in [6.07, 6.45) is 0. The number of nitrogens with two attached hydrogens (primary N) is 1. The van der Waals surface area contributed by atoms with E-state index in [1.165, 1.54) is 25.3 Å². The van der Waals surface area contributed by atoms with Crippen molar-refractivity contribution in [2.45, 2.75) is 18.6 Å². The topological polar surface area (TPSA) is 64.7 Å². The van der Waals surface area contributed by atoms with Crippen LogP contribution in [0.1, 0.15) is 17.2 Å². The number of rotatable bonds is 7. The van der Waals surface area contributed by atoms with Crippen LogP contribution >= 0.6 is 0 Å². The maximum Gasteiger partial charge on any atom is 0.289 e. The zero-order valence-corrected chi connectivity index (χ0v) is 12.7. The van der Waals surface area contributed by atoms with Crippen molar-refractivity contribution in [2.75, 3.05) is 13.7 Å². The van der Waals surface area contributed by atoms with Gasteiger partial charge in [-0.15, -0.1) is 0 Å². The molecule has 6 heteroatoms. The Morgan fingerprint density at radius 2 is 1.83 bits per heavy atom. The predicted octanol–water partition coefficient (Wildman–Crippen LogP) is 2.90. The molecule has 1 atom stereocenters. The van der Waals surface area contributed by atoms with Crippen molar-refractivity contribution in [3.8, 4) is 11.5 Å². The number of aliphatic hydroxyl groups excluding tert-OH is 1. The number of ether oxygens (including phenoxy) is 2. The number of aliphatic hydroxyl groups is 1. The molecule has 0 saturated heterocycles. The molecule has 0 aliphatic carbocycles. The Kier molecular flexibility index (Phi) is 5.52. The van der Waals surface area contributed by atoms with Gasteiger partial charge in [0.05, 0.1) is 13.2 Å². The summed E-state index contributed by atoms with van der Waals surface area (Å²) < 4.78 is 37.8. The number of methoxy groups -OCH3 is 1. The summed E-state index contributed by atoms with van der Waals surface area (Å²) in [7, 11) is 1.42. The minimum absolute atomic E-state index is 0.160. The van der Waals surface area contributed by atoms with E-state index in [0.717, 1.165) is 5.56 Å². The first-order valence-corrected chi connectivity index (χ1v) is 7.07. The van der Waals surface area contributed by atoms with E-state index in [9.17, 15) is 8.78 Å². The Balaban J connectivity index is 2.16. The molecule has 0 unspecified atom stereocenters. The van der Waals surface area contributed by atoms with Crippen LogP contribution in [0, 0.1) is 0 Å². The summed E-state index contributed by atoms with van der Waals surface area (Å²) in [6.45, 7) is -0.988. The Labute approximate surface area is 133 Å². The second kappa shape index (κ2) is 7.39. The molecule has 3 N–H and O–H groups in total. The van der Waals surface area contributed by atoms with Crippen LogP contribution in [0.25, 0.3) is 0 Å². The van der Waals surface area contributed by atoms with Crippen molar-refractivity contribution in [1.29, 1.82) is 0 Å². The van der Waals surface area contributed by atoms with Gasteiger partial charge in [0.25, 0.3) is 5.92 Å². The average molecular weight is 323 g/mol. The minimum Gasteiger partial charge on any atom is -0.493 e. The van der Waals surface area contributed by atoms with Crippen LogP contribution < -0.4 is 15.2 Å². The summed E-state index contributed by atoms with van der Waals surface area (Å²) in [4.78, 5) is 0. The van der Waals surface area contributed by atoms with Gasteiger partial charge in [-0.05, 0) is 23.3 Å². The molecule has 0 spiro atoms. The Hall–Kier alpha value is -2.18. The van der Waals surface area contributed by atoms with E-state index in [-0.39, 0.29) is 5.56 Å². The molecular weight excluding hydrogens is 304 g/mol. The van der Waals surface area contributed by atoms with Gasteiger partial charge in [-0.2, -0.15) is 0 Å². The van der Waals surface area contributed by atoms with E-state index in [2.05, 4.69) is 0 Å². The highest BCUT2D eigenvalue weighted by molar-refractivity contribution is 5.44. The van der Waals surface area contributed by atoms with Crippen molar-refractivity contribution in [2.24, 2.45) is 5.73 Å². The largest absolute Gasteiger partial charge is 0.493 e. The van der Waals surface area contributed by atoms with Crippen molar-refractivity contribution >= 4 is 0 Å². The molecule has 2 aromatic rings. The average Bonchev–Trinajstić information content (AvgIpc) is 2.60. The first kappa shape index (κ1) is 17.2. The molecule has 4 nitrogen and oxygen atoms in total. The fourth-order valence-electron chi connectivity index (χ4n) is 2.07. The fraction of sp³-hybridized carbons (Fsp3) is 0.294. The smallest absolute Gasteiger partial charge is 0.289 e. The Morgan fingerprint density at radius 3 is 2.43 bits per heavy atom. The van der Waals surface area contributed by atoms with Gasteiger partial charge in [0.15, 0.2) is 11.5 Å². The van der Waals surface area contributed by atoms with Crippen LogP contribution in [0.2, 0.25) is 0 Å². The molecule has 0 heterocycles. The second-order valence-corrected chi connectivity index (χ2v) is 5.08. The van der Waals surface area contributed by atoms with Gasteiger partial charge in [-0.1, -0.05) is 36.4 Å². The lowest BCUT2D eigenvalue weighted by molar-refractivity contribution is -0.0712. The van der Waals surface area contributed by atoms with E-state index in [1.807, 2.05) is 30.3 Å². The van der Waals surface area contributed by atoms with E-state index in [4.69, 9.17) is 20.3 Å². The molecule has 23 heavy (non-hydrogen) atoms. The summed E-state index contributed by atoms with van der Waals surface area (Å²) in [5.74, 6) is -2.67. The first-order chi connectivity index (χ1) is 11.0. The lowest BCUT2D eigenvalue weighted by Gasteiger charge is -2.22. The molecule has 0 fully saturated rings. The standard InChI is InChI=1S/C17H19F2NO3/c1-22-15-9-13(16(20)17(18,19)11-21)7-8-14(15)23-10-12-5-3-2-4-6-12/h2-9,16,21H,10-11,20H2,1H3/t16-/m1/s1. The van der Waals surface area contributed by atoms with E-state index < -0.39 is 18.6 Å². The van der Waals surface area contributed by atoms with Crippen molar-refractivity contribution in [3.63, 3.8) is 0 Å². The van der Waals surface area contributed by atoms with Crippen LogP contribution in [0.15, 0.2) is 48.5 Å². The third-order valence-electron chi connectivity index (χ3n) is 3.45. The maximum atomic E-state index is 13.5. The van der Waals surface area contributed by atoms with Crippen molar-refractivity contribution in [1.82, 2.24) is 0 Å². The van der Waals surface area contributed by atoms with Gasteiger partial charge >= 0.3 is 0 Å². The second-order valence-electron chi connectivity index (χ2n) is 5.08. The quantitative estimate of drug-likeness (QED) is 0.822. The lowest BCUT2D eigenvalue weighted by atomic mass is 10.0. The molecule has 0 bridgehead atoms. The van der Waals surface area contributed by atoms with E-state index >= 15 is 0 Å². The Morgan fingerprint density at radius 1 is 1.13 bits per heavy atom. The van der Waals surface area contributed by atoms with E-state index in [0.29, 0.717) is 18.1 Å². The van der Waals surface area contributed by atoms with Crippen LogP contribution in [0.4, 0.5) is 8.78 Å². The van der Waals surface area contributed by atoms with Gasteiger partial charge in [0.1, 0.15) is 13.2 Å². The summed E-state index contributed by atoms with van der Waals surface area (Å²) >= 11 is 0. The van der Waals surface area contributed by atoms with Crippen molar-refractivity contribution in [3.05, 3.63) is 59.7 Å². The molecule has 0 aromatic heterocycles. The molecule has 0 aliphatic heterocycles. The molecule has 0 aliphatic rings. The highest BCUT2D eigenvalue weighted by Gasteiger charge is 2.37. The summed E-state index contributed by atoms with van der Waals surface area (Å²) in [5, 5.41) is 8.73. The molecule has 0 amide bonds. The highest BCUT2D eigenvalue weighted by Crippen LogP contribution is 2.35. The number of halogens is 2. The maximum absolute atomic E-state index is 13.5. The SMILES string of the molecule is COc1cc([C@@H](N)C(F)(F)CO)ccc1OCc1ccccc1. The highest BCUT2D eigenvalue weighted by atomic mass is 19.3. The first-order valence-electron chi connectivity index (χ1n) is 7.07. The third-order valence-corrected chi connectivity index (χ3v) is 3.45. The number of hydrogen-bond acceptors (Lipinski definition) is 4. The monoisotopic (exact) mass is 323 g/mol. The molecule has 0 saturated carbocycles. The molecule has 124 valence electrons. The summed E-state index contributed by atoms with van der Waals surface area (Å²) in [5.41, 5.74) is 6.65. The van der Waals surface area contributed by atoms with Crippen LogP contribution in [0.5, 0.6) is 11.5 Å². The number of benzene rings is 2. The lowest BCUT2D eigenvalue weighted by Crippen LogP contribution is -2.36. The molecule has 0 radical (unpaired) electrons. The van der Waals surface area contributed by atoms with Gasteiger partial charge in [-0.3, -0.25) is 0 Å². The summed E-state index contributed by atoms with van der Waals surface area (Å²) in [6, 6.07) is 12.3. The predicted molar refractivity (Wildman–Crippen MR) is 82.7 cm³/mol. The zero-order valence-electron chi connectivity index (χ0n) is 12.7. The molecule has 2 rings (SSSR count). The van der Waals surface area contributed by atoms with Gasteiger partial charge < -0.3 is 20.3 Å². The van der Waals surface area contributed by atoms with Gasteiger partial charge in [0, 0.05) is 0 Å². The number of alkyl halides is 2. The number of hydrogen-bond donors (Lipinski definition) is 2. The van der Waals surface area contributed by atoms with Crippen LogP contribution in [-0.4, -0.2) is 24.7 Å². The third kappa shape index (κ3) is 4.18. The fourth-order valence-corrected chi connectivity index (χ4v) is 2.07. The Bertz CT molecular complexity index is 635. The normalized spacial score (nSPS) is 12.7. The van der Waals surface area contributed by atoms with Crippen LogP contribution in [-0.2, 0) is 6.61 Å².